The van der Waals surface area contributed by atoms with Crippen molar-refractivity contribution in [1.82, 2.24) is 4.90 Å². The second kappa shape index (κ2) is 6.97. The highest BCUT2D eigenvalue weighted by molar-refractivity contribution is 7.10. The summed E-state index contributed by atoms with van der Waals surface area (Å²) in [4.78, 5) is 15.1. The highest BCUT2D eigenvalue weighted by Crippen LogP contribution is 2.26. The Morgan fingerprint density at radius 2 is 2.17 bits per heavy atom. The number of thiophene rings is 1. The number of amides is 1. The lowest BCUT2D eigenvalue weighted by Gasteiger charge is -2.34. The van der Waals surface area contributed by atoms with E-state index in [2.05, 4.69) is 28.9 Å². The van der Waals surface area contributed by atoms with Gasteiger partial charge < -0.3 is 10.8 Å². The van der Waals surface area contributed by atoms with E-state index < -0.39 is 0 Å². The van der Waals surface area contributed by atoms with Crippen LogP contribution in [0.1, 0.15) is 21.6 Å². The minimum absolute atomic E-state index is 0.141. The topological polar surface area (TPSA) is 66.6 Å². The monoisotopic (exact) mass is 326 g/mol. The summed E-state index contributed by atoms with van der Waals surface area (Å²) in [6, 6.07) is 9.92. The lowest BCUT2D eigenvalue weighted by molar-refractivity contribution is -0.124. The molecule has 118 valence electrons. The van der Waals surface area contributed by atoms with E-state index in [0.29, 0.717) is 13.0 Å². The smallest absolute Gasteiger partial charge is 0.235 e. The molecule has 0 bridgehead atoms. The van der Waals surface area contributed by atoms with Crippen LogP contribution in [0.2, 0.25) is 0 Å². The number of aliphatic hydroxyl groups excluding tert-OH is 1. The molecule has 23 heavy (non-hydrogen) atoms. The number of fused-ring (bicyclic) bond motifs is 1. The lowest BCUT2D eigenvalue weighted by atomic mass is 9.93. The second-order valence-corrected chi connectivity index (χ2v) is 6.55. The number of nitrogens with two attached hydrogens (primary N) is 1. The van der Waals surface area contributed by atoms with Crippen LogP contribution in [0.25, 0.3) is 0 Å². The minimum Gasteiger partial charge on any atom is -0.384 e. The van der Waals surface area contributed by atoms with Crippen LogP contribution in [0.15, 0.2) is 35.7 Å². The van der Waals surface area contributed by atoms with Gasteiger partial charge in [0, 0.05) is 28.9 Å². The van der Waals surface area contributed by atoms with E-state index in [0.717, 1.165) is 17.0 Å². The molecule has 1 aromatic heterocycles. The molecule has 1 aliphatic heterocycles. The van der Waals surface area contributed by atoms with Crippen molar-refractivity contribution < 1.29 is 9.90 Å². The molecule has 5 heteroatoms. The third kappa shape index (κ3) is 3.62. The van der Waals surface area contributed by atoms with Crippen molar-refractivity contribution in [2.24, 2.45) is 5.73 Å². The Hall–Kier alpha value is -2.13. The van der Waals surface area contributed by atoms with Gasteiger partial charge >= 0.3 is 0 Å². The fraction of sp³-hybridized carbons (Fsp3) is 0.278. The molecule has 1 atom stereocenters. The van der Waals surface area contributed by atoms with Crippen LogP contribution in [-0.2, 0) is 24.3 Å². The fourth-order valence-corrected chi connectivity index (χ4v) is 3.74. The Balaban J connectivity index is 1.80. The summed E-state index contributed by atoms with van der Waals surface area (Å²) >= 11 is 1.61. The molecule has 2 heterocycles. The molecule has 4 nitrogen and oxygen atoms in total. The van der Waals surface area contributed by atoms with Gasteiger partial charge in [-0.15, -0.1) is 11.3 Å². The Morgan fingerprint density at radius 3 is 2.91 bits per heavy atom. The molecule has 2 aromatic rings. The average Bonchev–Trinajstić information content (AvgIpc) is 2.99. The summed E-state index contributed by atoms with van der Waals surface area (Å²) in [7, 11) is 0. The standard InChI is InChI=1S/C18H18N2O2S/c19-18(22)17-9-14-5-1-2-6-15(14)10-20(17)11-16-8-13(12-23-16)4-3-7-21/h1-2,5-6,8,12,17,21H,7,9-11H2,(H2,19,22)/t17-/m1/s1. The quantitative estimate of drug-likeness (QED) is 0.840. The second-order valence-electron chi connectivity index (χ2n) is 5.56. The number of primary amides is 1. The molecule has 1 amide bonds. The predicted octanol–water partition coefficient (Wildman–Crippen LogP) is 1.50. The van der Waals surface area contributed by atoms with E-state index in [4.69, 9.17) is 10.8 Å². The summed E-state index contributed by atoms with van der Waals surface area (Å²) < 4.78 is 0. The zero-order valence-corrected chi connectivity index (χ0v) is 13.5. The number of hydrogen-bond donors (Lipinski definition) is 2. The van der Waals surface area contributed by atoms with Crippen LogP contribution in [0, 0.1) is 11.8 Å². The van der Waals surface area contributed by atoms with Gasteiger partial charge in [-0.05, 0) is 23.6 Å². The first-order chi connectivity index (χ1) is 11.2. The third-order valence-corrected chi connectivity index (χ3v) is 4.92. The van der Waals surface area contributed by atoms with Crippen molar-refractivity contribution >= 4 is 17.2 Å². The first kappa shape index (κ1) is 15.8. The molecule has 0 unspecified atom stereocenters. The van der Waals surface area contributed by atoms with E-state index in [1.54, 1.807) is 11.3 Å². The summed E-state index contributed by atoms with van der Waals surface area (Å²) in [5.41, 5.74) is 8.96. The van der Waals surface area contributed by atoms with Gasteiger partial charge in [-0.3, -0.25) is 9.69 Å². The van der Waals surface area contributed by atoms with Crippen LogP contribution in [-0.4, -0.2) is 28.6 Å². The van der Waals surface area contributed by atoms with Crippen LogP contribution in [0.3, 0.4) is 0 Å². The van der Waals surface area contributed by atoms with Crippen LogP contribution >= 0.6 is 11.3 Å². The van der Waals surface area contributed by atoms with E-state index in [1.807, 2.05) is 23.6 Å². The summed E-state index contributed by atoms with van der Waals surface area (Å²) in [6.07, 6.45) is 0.661. The Bertz CT molecular complexity index is 773. The maximum atomic E-state index is 11.8. The molecule has 0 fully saturated rings. The summed E-state index contributed by atoms with van der Waals surface area (Å²) in [5.74, 6) is 5.27. The molecule has 1 aromatic carbocycles. The van der Waals surface area contributed by atoms with Gasteiger partial charge in [-0.25, -0.2) is 0 Å². The van der Waals surface area contributed by atoms with Gasteiger partial charge in [0.15, 0.2) is 0 Å². The molecule has 0 saturated heterocycles. The molecular weight excluding hydrogens is 308 g/mol. The Kier molecular flexibility index (Phi) is 4.77. The van der Waals surface area contributed by atoms with Crippen molar-refractivity contribution in [2.75, 3.05) is 6.61 Å². The van der Waals surface area contributed by atoms with Crippen molar-refractivity contribution in [3.05, 3.63) is 57.3 Å². The number of carbonyl (C=O) groups is 1. The number of rotatable bonds is 3. The van der Waals surface area contributed by atoms with E-state index in [9.17, 15) is 4.79 Å². The van der Waals surface area contributed by atoms with Gasteiger partial charge in [0.25, 0.3) is 0 Å². The van der Waals surface area contributed by atoms with E-state index in [-0.39, 0.29) is 18.6 Å². The molecule has 0 saturated carbocycles. The van der Waals surface area contributed by atoms with Crippen molar-refractivity contribution in [1.29, 1.82) is 0 Å². The number of nitrogens with zero attached hydrogens (tertiary/aromatic N) is 1. The maximum Gasteiger partial charge on any atom is 0.235 e. The zero-order valence-electron chi connectivity index (χ0n) is 12.7. The van der Waals surface area contributed by atoms with Crippen LogP contribution < -0.4 is 5.73 Å². The first-order valence-corrected chi connectivity index (χ1v) is 8.32. The maximum absolute atomic E-state index is 11.8. The Morgan fingerprint density at radius 1 is 1.39 bits per heavy atom. The molecule has 0 radical (unpaired) electrons. The number of carbonyl (C=O) groups excluding carboxylic acids is 1. The Labute approximate surface area is 139 Å². The van der Waals surface area contributed by atoms with Gasteiger partial charge in [-0.1, -0.05) is 36.1 Å². The van der Waals surface area contributed by atoms with Gasteiger partial charge in [0.2, 0.25) is 5.91 Å². The number of aliphatic hydroxyl groups is 1. The normalized spacial score (nSPS) is 17.2. The van der Waals surface area contributed by atoms with Crippen LogP contribution in [0.4, 0.5) is 0 Å². The fourth-order valence-electron chi connectivity index (χ4n) is 2.89. The molecule has 3 rings (SSSR count). The molecular formula is C18H18N2O2S. The van der Waals surface area contributed by atoms with E-state index >= 15 is 0 Å². The molecule has 3 N–H and O–H groups in total. The van der Waals surface area contributed by atoms with E-state index in [1.165, 1.54) is 11.1 Å². The van der Waals surface area contributed by atoms with Crippen LogP contribution in [0.5, 0.6) is 0 Å². The minimum atomic E-state index is -0.281. The first-order valence-electron chi connectivity index (χ1n) is 7.44. The van der Waals surface area contributed by atoms with Crippen molar-refractivity contribution in [2.45, 2.75) is 25.6 Å². The summed E-state index contributed by atoms with van der Waals surface area (Å²) in [5, 5.41) is 10.7. The van der Waals surface area contributed by atoms with Gasteiger partial charge in [-0.2, -0.15) is 0 Å². The number of hydrogen-bond acceptors (Lipinski definition) is 4. The van der Waals surface area contributed by atoms with Gasteiger partial charge in [0.05, 0.1) is 6.04 Å². The van der Waals surface area contributed by atoms with Gasteiger partial charge in [0.1, 0.15) is 6.61 Å². The predicted molar refractivity (Wildman–Crippen MR) is 90.7 cm³/mol. The SMILES string of the molecule is NC(=O)[C@H]1Cc2ccccc2CN1Cc1cc(C#CCO)cs1. The third-order valence-electron chi connectivity index (χ3n) is 4.00. The highest BCUT2D eigenvalue weighted by atomic mass is 32.1. The molecule has 1 aliphatic rings. The average molecular weight is 326 g/mol. The lowest BCUT2D eigenvalue weighted by Crippen LogP contribution is -2.47. The zero-order chi connectivity index (χ0) is 16.2. The molecule has 0 spiro atoms. The van der Waals surface area contributed by atoms with Crippen molar-refractivity contribution in [3.63, 3.8) is 0 Å². The number of benzene rings is 1. The molecule has 0 aliphatic carbocycles. The van der Waals surface area contributed by atoms with Crippen molar-refractivity contribution in [3.8, 4) is 11.8 Å². The highest BCUT2D eigenvalue weighted by Gasteiger charge is 2.30. The summed E-state index contributed by atoms with van der Waals surface area (Å²) in [6.45, 7) is 1.25. The largest absolute Gasteiger partial charge is 0.384 e.